The van der Waals surface area contributed by atoms with Crippen LogP contribution in [0.2, 0.25) is 0 Å². The number of hydrogen-bond donors (Lipinski definition) is 0. The van der Waals surface area contributed by atoms with Crippen molar-refractivity contribution >= 4 is 0 Å². The molecule has 1 aromatic carbocycles. The van der Waals surface area contributed by atoms with Gasteiger partial charge in [0.1, 0.15) is 5.75 Å². The Morgan fingerprint density at radius 1 is 1.15 bits per heavy atom. The van der Waals surface area contributed by atoms with Crippen molar-refractivity contribution in [2.24, 2.45) is 0 Å². The zero-order valence-electron chi connectivity index (χ0n) is 8.50. The van der Waals surface area contributed by atoms with Crippen molar-refractivity contribution in [3.05, 3.63) is 29.3 Å². The number of methoxy groups -OCH3 is 1. The van der Waals surface area contributed by atoms with Gasteiger partial charge in [0.15, 0.2) is 0 Å². The van der Waals surface area contributed by atoms with Crippen LogP contribution in [0.25, 0.3) is 0 Å². The van der Waals surface area contributed by atoms with Crippen LogP contribution in [0.15, 0.2) is 18.2 Å². The molecule has 2 atom stereocenters. The lowest BCUT2D eigenvalue weighted by atomic mass is 10.0. The van der Waals surface area contributed by atoms with E-state index >= 15 is 0 Å². The van der Waals surface area contributed by atoms with Crippen molar-refractivity contribution in [2.75, 3.05) is 7.11 Å². The molecule has 0 aliphatic heterocycles. The summed E-state index contributed by atoms with van der Waals surface area (Å²) in [6.07, 6.45) is 1.28. The number of benzene rings is 1. The van der Waals surface area contributed by atoms with Gasteiger partial charge in [-0.25, -0.2) is 0 Å². The van der Waals surface area contributed by atoms with E-state index in [0.717, 1.165) is 11.7 Å². The lowest BCUT2D eigenvalue weighted by molar-refractivity contribution is 0.414. The average molecular weight is 176 g/mol. The zero-order valence-corrected chi connectivity index (χ0v) is 8.50. The van der Waals surface area contributed by atoms with Crippen molar-refractivity contribution in [1.29, 1.82) is 0 Å². The van der Waals surface area contributed by atoms with Gasteiger partial charge in [0.2, 0.25) is 0 Å². The molecule has 0 N–H and O–H groups in total. The predicted octanol–water partition coefficient (Wildman–Crippen LogP) is 3.31. The summed E-state index contributed by atoms with van der Waals surface area (Å²) in [6.45, 7) is 4.59. The Labute approximate surface area is 79.7 Å². The second kappa shape index (κ2) is 3.06. The van der Waals surface area contributed by atoms with Gasteiger partial charge in [0.25, 0.3) is 0 Å². The van der Waals surface area contributed by atoms with Crippen molar-refractivity contribution in [1.82, 2.24) is 0 Å². The molecule has 0 saturated carbocycles. The van der Waals surface area contributed by atoms with Crippen molar-refractivity contribution in [2.45, 2.75) is 32.1 Å². The third-order valence-electron chi connectivity index (χ3n) is 3.06. The molecule has 0 radical (unpaired) electrons. The van der Waals surface area contributed by atoms with E-state index < -0.39 is 0 Å². The summed E-state index contributed by atoms with van der Waals surface area (Å²) in [7, 11) is 1.73. The van der Waals surface area contributed by atoms with Gasteiger partial charge in [-0.3, -0.25) is 0 Å². The first-order chi connectivity index (χ1) is 6.22. The van der Waals surface area contributed by atoms with E-state index in [9.17, 15) is 0 Å². The van der Waals surface area contributed by atoms with E-state index in [1.54, 1.807) is 7.11 Å². The highest BCUT2D eigenvalue weighted by molar-refractivity contribution is 5.42. The predicted molar refractivity (Wildman–Crippen MR) is 54.4 cm³/mol. The Morgan fingerprint density at radius 3 is 2.54 bits per heavy atom. The minimum Gasteiger partial charge on any atom is -0.497 e. The third-order valence-corrected chi connectivity index (χ3v) is 3.06. The van der Waals surface area contributed by atoms with Crippen molar-refractivity contribution < 1.29 is 4.74 Å². The number of fused-ring (bicyclic) bond motifs is 1. The molecule has 0 spiro atoms. The molecule has 0 saturated heterocycles. The van der Waals surface area contributed by atoms with Crippen LogP contribution >= 0.6 is 0 Å². The van der Waals surface area contributed by atoms with Gasteiger partial charge in [0.05, 0.1) is 7.11 Å². The standard InChI is InChI=1S/C12H16O/c1-8-6-9(2)12-7-10(13-3)4-5-11(8)12/h4-5,7-9H,6H2,1-3H3. The highest BCUT2D eigenvalue weighted by atomic mass is 16.5. The molecule has 1 aliphatic rings. The molecule has 0 amide bonds. The molecule has 2 unspecified atom stereocenters. The highest BCUT2D eigenvalue weighted by Crippen LogP contribution is 2.42. The van der Waals surface area contributed by atoms with E-state index in [2.05, 4.69) is 32.0 Å². The molecule has 0 fully saturated rings. The fourth-order valence-electron chi connectivity index (χ4n) is 2.34. The number of hydrogen-bond acceptors (Lipinski definition) is 1. The minimum absolute atomic E-state index is 0.695. The summed E-state index contributed by atoms with van der Waals surface area (Å²) in [6, 6.07) is 6.46. The van der Waals surface area contributed by atoms with E-state index in [1.807, 2.05) is 0 Å². The van der Waals surface area contributed by atoms with Crippen LogP contribution in [0.3, 0.4) is 0 Å². The smallest absolute Gasteiger partial charge is 0.119 e. The zero-order chi connectivity index (χ0) is 9.42. The van der Waals surface area contributed by atoms with Gasteiger partial charge in [-0.15, -0.1) is 0 Å². The molecular formula is C12H16O. The summed E-state index contributed by atoms with van der Waals surface area (Å²) < 4.78 is 5.22. The molecule has 0 heterocycles. The topological polar surface area (TPSA) is 9.23 Å². The van der Waals surface area contributed by atoms with E-state index in [1.165, 1.54) is 17.5 Å². The van der Waals surface area contributed by atoms with Crippen LogP contribution in [0, 0.1) is 0 Å². The van der Waals surface area contributed by atoms with Gasteiger partial charge < -0.3 is 4.74 Å². The Hall–Kier alpha value is -0.980. The Balaban J connectivity index is 2.46. The van der Waals surface area contributed by atoms with E-state index in [-0.39, 0.29) is 0 Å². The summed E-state index contributed by atoms with van der Waals surface area (Å²) >= 11 is 0. The first-order valence-electron chi connectivity index (χ1n) is 4.90. The molecule has 0 bridgehead atoms. The third kappa shape index (κ3) is 1.32. The van der Waals surface area contributed by atoms with Gasteiger partial charge in [0, 0.05) is 0 Å². The van der Waals surface area contributed by atoms with E-state index in [4.69, 9.17) is 4.74 Å². The molecule has 1 heteroatoms. The second-order valence-electron chi connectivity index (χ2n) is 4.03. The average Bonchev–Trinajstić information content (AvgIpc) is 2.42. The summed E-state index contributed by atoms with van der Waals surface area (Å²) in [5.41, 5.74) is 2.99. The Kier molecular flexibility index (Phi) is 2.03. The van der Waals surface area contributed by atoms with Crippen LogP contribution in [0.1, 0.15) is 43.2 Å². The Morgan fingerprint density at radius 2 is 1.85 bits per heavy atom. The molecule has 2 rings (SSSR count). The van der Waals surface area contributed by atoms with Crippen molar-refractivity contribution in [3.8, 4) is 5.75 Å². The van der Waals surface area contributed by atoms with E-state index in [0.29, 0.717) is 5.92 Å². The molecular weight excluding hydrogens is 160 g/mol. The van der Waals surface area contributed by atoms with Gasteiger partial charge in [-0.1, -0.05) is 19.9 Å². The maximum Gasteiger partial charge on any atom is 0.119 e. The van der Waals surface area contributed by atoms with Gasteiger partial charge in [-0.2, -0.15) is 0 Å². The second-order valence-corrected chi connectivity index (χ2v) is 4.03. The van der Waals surface area contributed by atoms with Gasteiger partial charge in [-0.05, 0) is 41.5 Å². The molecule has 1 nitrogen and oxygen atoms in total. The molecule has 70 valence electrons. The number of rotatable bonds is 1. The first-order valence-corrected chi connectivity index (χ1v) is 4.90. The highest BCUT2D eigenvalue weighted by Gasteiger charge is 2.24. The molecule has 0 aromatic heterocycles. The van der Waals surface area contributed by atoms with Crippen LogP contribution < -0.4 is 4.74 Å². The normalized spacial score (nSPS) is 25.8. The maximum absolute atomic E-state index is 5.22. The quantitative estimate of drug-likeness (QED) is 0.638. The minimum atomic E-state index is 0.695. The molecule has 1 aromatic rings. The first kappa shape index (κ1) is 8.61. The fraction of sp³-hybridized carbons (Fsp3) is 0.500. The van der Waals surface area contributed by atoms with Crippen molar-refractivity contribution in [3.63, 3.8) is 0 Å². The molecule has 1 aliphatic carbocycles. The summed E-state index contributed by atoms with van der Waals surface area (Å²) in [5, 5.41) is 0. The van der Waals surface area contributed by atoms with Crippen LogP contribution in [-0.4, -0.2) is 7.11 Å². The fourth-order valence-corrected chi connectivity index (χ4v) is 2.34. The Bertz CT molecular complexity index is 317. The number of ether oxygens (including phenoxy) is 1. The largest absolute Gasteiger partial charge is 0.497 e. The summed E-state index contributed by atoms with van der Waals surface area (Å²) in [4.78, 5) is 0. The van der Waals surface area contributed by atoms with Gasteiger partial charge >= 0.3 is 0 Å². The monoisotopic (exact) mass is 176 g/mol. The van der Waals surface area contributed by atoms with Crippen LogP contribution in [0.5, 0.6) is 5.75 Å². The molecule has 13 heavy (non-hydrogen) atoms. The lowest BCUT2D eigenvalue weighted by Gasteiger charge is -2.07. The van der Waals surface area contributed by atoms with Crippen LogP contribution in [0.4, 0.5) is 0 Å². The van der Waals surface area contributed by atoms with Crippen LogP contribution in [-0.2, 0) is 0 Å². The lowest BCUT2D eigenvalue weighted by Crippen LogP contribution is -1.89. The maximum atomic E-state index is 5.22. The summed E-state index contributed by atoms with van der Waals surface area (Å²) in [5.74, 6) is 2.40. The SMILES string of the molecule is COc1ccc2c(c1)C(C)CC2C.